The van der Waals surface area contributed by atoms with Crippen molar-refractivity contribution in [3.63, 3.8) is 0 Å². The van der Waals surface area contributed by atoms with Gasteiger partial charge in [-0.15, -0.1) is 0 Å². The van der Waals surface area contributed by atoms with Crippen molar-refractivity contribution in [1.82, 2.24) is 16.0 Å². The Morgan fingerprint density at radius 2 is 1.56 bits per heavy atom. The smallest absolute Gasteiger partial charge is 0.237 e. The SMILES string of the molecule is CCC(CC)NC(=O)C(C)NCC(=O)NC(C)C. The molecule has 0 aliphatic rings. The molecule has 0 spiro atoms. The van der Waals surface area contributed by atoms with Crippen LogP contribution in [-0.2, 0) is 9.59 Å². The summed E-state index contributed by atoms with van der Waals surface area (Å²) in [5, 5.41) is 8.63. The lowest BCUT2D eigenvalue weighted by molar-refractivity contribution is -0.124. The summed E-state index contributed by atoms with van der Waals surface area (Å²) < 4.78 is 0. The van der Waals surface area contributed by atoms with Gasteiger partial charge in [0.25, 0.3) is 0 Å². The van der Waals surface area contributed by atoms with Crippen molar-refractivity contribution in [2.24, 2.45) is 0 Å². The zero-order chi connectivity index (χ0) is 14.1. The van der Waals surface area contributed by atoms with Gasteiger partial charge in [-0.1, -0.05) is 13.8 Å². The van der Waals surface area contributed by atoms with Gasteiger partial charge in [0, 0.05) is 12.1 Å². The standard InChI is InChI=1S/C13H27N3O2/c1-6-11(7-2)16-13(18)10(5)14-8-12(17)15-9(3)4/h9-11,14H,6-8H2,1-5H3,(H,15,17)(H,16,18). The maximum atomic E-state index is 11.8. The second-order valence-electron chi connectivity index (χ2n) is 4.85. The Bertz CT molecular complexity index is 263. The van der Waals surface area contributed by atoms with Crippen molar-refractivity contribution in [2.75, 3.05) is 6.54 Å². The van der Waals surface area contributed by atoms with Crippen LogP contribution in [-0.4, -0.2) is 36.5 Å². The monoisotopic (exact) mass is 257 g/mol. The molecule has 0 aromatic heterocycles. The van der Waals surface area contributed by atoms with Crippen LogP contribution in [0.1, 0.15) is 47.5 Å². The van der Waals surface area contributed by atoms with Crippen LogP contribution in [0.15, 0.2) is 0 Å². The molecule has 1 unspecified atom stereocenters. The number of carbonyl (C=O) groups is 2. The van der Waals surface area contributed by atoms with Crippen LogP contribution in [0, 0.1) is 0 Å². The Morgan fingerprint density at radius 3 is 2.00 bits per heavy atom. The Labute approximate surface area is 110 Å². The first-order valence-corrected chi connectivity index (χ1v) is 6.73. The molecule has 106 valence electrons. The number of carbonyl (C=O) groups excluding carboxylic acids is 2. The summed E-state index contributed by atoms with van der Waals surface area (Å²) in [6, 6.07) is -0.0252. The molecule has 0 saturated carbocycles. The van der Waals surface area contributed by atoms with E-state index in [2.05, 4.69) is 16.0 Å². The first-order valence-electron chi connectivity index (χ1n) is 6.73. The van der Waals surface area contributed by atoms with E-state index in [4.69, 9.17) is 0 Å². The van der Waals surface area contributed by atoms with E-state index in [-0.39, 0.29) is 36.5 Å². The molecule has 3 N–H and O–H groups in total. The molecule has 0 saturated heterocycles. The van der Waals surface area contributed by atoms with Gasteiger partial charge in [-0.05, 0) is 33.6 Å². The average molecular weight is 257 g/mol. The summed E-state index contributed by atoms with van der Waals surface area (Å²) in [5.41, 5.74) is 0. The molecular formula is C13H27N3O2. The third-order valence-electron chi connectivity index (χ3n) is 2.74. The summed E-state index contributed by atoms with van der Waals surface area (Å²) in [5.74, 6) is -0.145. The first-order chi connectivity index (χ1) is 8.40. The summed E-state index contributed by atoms with van der Waals surface area (Å²) >= 11 is 0. The molecule has 0 aromatic rings. The van der Waals surface area contributed by atoms with E-state index < -0.39 is 0 Å². The van der Waals surface area contributed by atoms with E-state index in [0.717, 1.165) is 12.8 Å². The Kier molecular flexibility index (Phi) is 8.37. The predicted molar refractivity (Wildman–Crippen MR) is 73.3 cm³/mol. The molecule has 0 radical (unpaired) electrons. The van der Waals surface area contributed by atoms with E-state index >= 15 is 0 Å². The Hall–Kier alpha value is -1.10. The lowest BCUT2D eigenvalue weighted by Gasteiger charge is -2.19. The minimum atomic E-state index is -0.358. The van der Waals surface area contributed by atoms with Gasteiger partial charge < -0.3 is 10.6 Å². The highest BCUT2D eigenvalue weighted by Gasteiger charge is 2.16. The van der Waals surface area contributed by atoms with Gasteiger partial charge in [-0.2, -0.15) is 0 Å². The minimum Gasteiger partial charge on any atom is -0.353 e. The molecule has 18 heavy (non-hydrogen) atoms. The zero-order valence-electron chi connectivity index (χ0n) is 12.2. The normalized spacial score (nSPS) is 12.6. The summed E-state index contributed by atoms with van der Waals surface area (Å²) in [6.07, 6.45) is 1.84. The third kappa shape index (κ3) is 7.27. The van der Waals surface area contributed by atoms with E-state index in [9.17, 15) is 9.59 Å². The van der Waals surface area contributed by atoms with Crippen molar-refractivity contribution in [3.05, 3.63) is 0 Å². The molecular weight excluding hydrogens is 230 g/mol. The fourth-order valence-corrected chi connectivity index (χ4v) is 1.53. The molecule has 5 nitrogen and oxygen atoms in total. The molecule has 0 aliphatic carbocycles. The van der Waals surface area contributed by atoms with E-state index in [1.54, 1.807) is 6.92 Å². The second kappa shape index (κ2) is 8.91. The van der Waals surface area contributed by atoms with Crippen molar-refractivity contribution in [3.8, 4) is 0 Å². The highest BCUT2D eigenvalue weighted by molar-refractivity contribution is 5.83. The molecule has 0 heterocycles. The average Bonchev–Trinajstić information content (AvgIpc) is 2.31. The fourth-order valence-electron chi connectivity index (χ4n) is 1.53. The van der Waals surface area contributed by atoms with Gasteiger partial charge in [-0.3, -0.25) is 14.9 Å². The highest BCUT2D eigenvalue weighted by atomic mass is 16.2. The van der Waals surface area contributed by atoms with Crippen LogP contribution in [0.25, 0.3) is 0 Å². The summed E-state index contributed by atoms with van der Waals surface area (Å²) in [7, 11) is 0. The van der Waals surface area contributed by atoms with Crippen molar-refractivity contribution in [1.29, 1.82) is 0 Å². The topological polar surface area (TPSA) is 70.2 Å². The number of amides is 2. The van der Waals surface area contributed by atoms with E-state index in [1.165, 1.54) is 0 Å². The van der Waals surface area contributed by atoms with Crippen LogP contribution >= 0.6 is 0 Å². The largest absolute Gasteiger partial charge is 0.353 e. The summed E-state index contributed by atoms with van der Waals surface area (Å²) in [4.78, 5) is 23.2. The van der Waals surface area contributed by atoms with Gasteiger partial charge >= 0.3 is 0 Å². The first kappa shape index (κ1) is 16.9. The quantitative estimate of drug-likeness (QED) is 0.602. The van der Waals surface area contributed by atoms with E-state index in [0.29, 0.717) is 0 Å². The molecule has 0 fully saturated rings. The van der Waals surface area contributed by atoms with Crippen LogP contribution in [0.3, 0.4) is 0 Å². The van der Waals surface area contributed by atoms with Crippen LogP contribution in [0.4, 0.5) is 0 Å². The maximum Gasteiger partial charge on any atom is 0.237 e. The highest BCUT2D eigenvalue weighted by Crippen LogP contribution is 1.96. The number of rotatable bonds is 8. The van der Waals surface area contributed by atoms with Gasteiger partial charge in [-0.25, -0.2) is 0 Å². The van der Waals surface area contributed by atoms with Gasteiger partial charge in [0.1, 0.15) is 0 Å². The molecule has 0 rings (SSSR count). The van der Waals surface area contributed by atoms with Crippen molar-refractivity contribution >= 4 is 11.8 Å². The van der Waals surface area contributed by atoms with Gasteiger partial charge in [0.05, 0.1) is 12.6 Å². The molecule has 1 atom stereocenters. The lowest BCUT2D eigenvalue weighted by atomic mass is 10.1. The minimum absolute atomic E-state index is 0.0546. The molecule has 5 heteroatoms. The molecule has 0 bridgehead atoms. The zero-order valence-corrected chi connectivity index (χ0v) is 12.2. The van der Waals surface area contributed by atoms with E-state index in [1.807, 2.05) is 27.7 Å². The molecule has 2 amide bonds. The predicted octanol–water partition coefficient (Wildman–Crippen LogP) is 0.794. The van der Waals surface area contributed by atoms with Crippen molar-refractivity contribution in [2.45, 2.75) is 65.6 Å². The number of nitrogens with one attached hydrogen (secondary N) is 3. The van der Waals surface area contributed by atoms with Gasteiger partial charge in [0.15, 0.2) is 0 Å². The molecule has 0 aliphatic heterocycles. The van der Waals surface area contributed by atoms with Crippen molar-refractivity contribution < 1.29 is 9.59 Å². The summed E-state index contributed by atoms with van der Waals surface area (Å²) in [6.45, 7) is 9.82. The van der Waals surface area contributed by atoms with Gasteiger partial charge in [0.2, 0.25) is 11.8 Å². The third-order valence-corrected chi connectivity index (χ3v) is 2.74. The van der Waals surface area contributed by atoms with Crippen LogP contribution in [0.2, 0.25) is 0 Å². The maximum absolute atomic E-state index is 11.8. The number of hydrogen-bond acceptors (Lipinski definition) is 3. The lowest BCUT2D eigenvalue weighted by Crippen LogP contribution is -2.49. The second-order valence-corrected chi connectivity index (χ2v) is 4.85. The number of hydrogen-bond donors (Lipinski definition) is 3. The Morgan fingerprint density at radius 1 is 1.00 bits per heavy atom. The van der Waals surface area contributed by atoms with Crippen LogP contribution in [0.5, 0.6) is 0 Å². The fraction of sp³-hybridized carbons (Fsp3) is 0.846. The Balaban J connectivity index is 3.97. The van der Waals surface area contributed by atoms with Crippen LogP contribution < -0.4 is 16.0 Å². The molecule has 0 aromatic carbocycles.